The van der Waals surface area contributed by atoms with E-state index in [1.807, 2.05) is 41.0 Å². The molecular weight excluding hydrogens is 340 g/mol. The molecule has 5 heteroatoms. The Bertz CT molecular complexity index is 848. The molecule has 3 heterocycles. The third-order valence-corrected chi connectivity index (χ3v) is 5.98. The van der Waals surface area contributed by atoms with Crippen molar-refractivity contribution in [2.75, 3.05) is 26.2 Å². The number of aryl methyl sites for hydroxylation is 1. The van der Waals surface area contributed by atoms with E-state index in [1.54, 1.807) is 0 Å². The van der Waals surface area contributed by atoms with E-state index in [0.29, 0.717) is 24.8 Å². The second-order valence-electron chi connectivity index (χ2n) is 8.25. The third-order valence-electron chi connectivity index (χ3n) is 5.98. The van der Waals surface area contributed by atoms with Gasteiger partial charge in [0, 0.05) is 37.5 Å². The van der Waals surface area contributed by atoms with E-state index in [1.165, 1.54) is 6.42 Å². The number of hydrogen-bond donors (Lipinski definition) is 0. The molecule has 0 spiro atoms. The molecule has 0 N–H and O–H groups in total. The lowest BCUT2D eigenvalue weighted by Gasteiger charge is -2.37. The zero-order valence-corrected chi connectivity index (χ0v) is 16.2. The van der Waals surface area contributed by atoms with Crippen molar-refractivity contribution in [1.29, 1.82) is 0 Å². The van der Waals surface area contributed by atoms with Crippen LogP contribution >= 0.6 is 0 Å². The summed E-state index contributed by atoms with van der Waals surface area (Å²) in [6.07, 6.45) is 3.81. The Morgan fingerprint density at radius 3 is 2.56 bits per heavy atom. The molecule has 27 heavy (non-hydrogen) atoms. The normalized spacial score (nSPS) is 21.6. The Kier molecular flexibility index (Phi) is 4.94. The van der Waals surface area contributed by atoms with E-state index in [-0.39, 0.29) is 17.7 Å². The van der Waals surface area contributed by atoms with Gasteiger partial charge in [0.2, 0.25) is 5.91 Å². The number of carbonyl (C=O) groups excluding carboxylic acids is 2. The molecule has 2 saturated heterocycles. The maximum atomic E-state index is 12.8. The number of benzene rings is 1. The molecule has 1 atom stereocenters. The van der Waals surface area contributed by atoms with E-state index in [0.717, 1.165) is 48.9 Å². The number of carbonyl (C=O) groups is 2. The van der Waals surface area contributed by atoms with Crippen molar-refractivity contribution in [2.45, 2.75) is 39.5 Å². The molecule has 5 nitrogen and oxygen atoms in total. The van der Waals surface area contributed by atoms with Crippen LogP contribution in [0, 0.1) is 18.8 Å². The second-order valence-corrected chi connectivity index (χ2v) is 8.25. The Balaban J connectivity index is 1.38. The van der Waals surface area contributed by atoms with Crippen molar-refractivity contribution in [3.63, 3.8) is 0 Å². The van der Waals surface area contributed by atoms with Gasteiger partial charge < -0.3 is 14.2 Å². The first kappa shape index (κ1) is 18.1. The lowest BCUT2D eigenvalue weighted by Crippen LogP contribution is -2.46. The highest BCUT2D eigenvalue weighted by Crippen LogP contribution is 2.26. The number of likely N-dealkylation sites (tertiary alicyclic amines) is 2. The van der Waals surface area contributed by atoms with Crippen molar-refractivity contribution in [1.82, 2.24) is 9.80 Å². The third kappa shape index (κ3) is 3.73. The van der Waals surface area contributed by atoms with Crippen LogP contribution < -0.4 is 0 Å². The highest BCUT2D eigenvalue weighted by atomic mass is 16.3. The van der Waals surface area contributed by atoms with E-state index in [2.05, 4.69) is 6.92 Å². The van der Waals surface area contributed by atoms with Crippen LogP contribution in [0.3, 0.4) is 0 Å². The van der Waals surface area contributed by atoms with Crippen LogP contribution in [-0.4, -0.2) is 47.8 Å². The fourth-order valence-corrected chi connectivity index (χ4v) is 4.40. The number of furan rings is 1. The van der Waals surface area contributed by atoms with Crippen LogP contribution in [0.1, 0.15) is 48.7 Å². The van der Waals surface area contributed by atoms with E-state index in [4.69, 9.17) is 4.42 Å². The van der Waals surface area contributed by atoms with Crippen molar-refractivity contribution < 1.29 is 14.0 Å². The van der Waals surface area contributed by atoms with Gasteiger partial charge in [0.1, 0.15) is 5.58 Å². The number of hydrogen-bond acceptors (Lipinski definition) is 3. The van der Waals surface area contributed by atoms with Gasteiger partial charge in [0.25, 0.3) is 5.91 Å². The van der Waals surface area contributed by atoms with Crippen LogP contribution in [-0.2, 0) is 4.79 Å². The smallest absolute Gasteiger partial charge is 0.289 e. The minimum atomic E-state index is -0.0682. The summed E-state index contributed by atoms with van der Waals surface area (Å²) in [5.74, 6) is 1.26. The topological polar surface area (TPSA) is 53.8 Å². The molecule has 2 amide bonds. The summed E-state index contributed by atoms with van der Waals surface area (Å²) in [6.45, 7) is 7.26. The predicted octanol–water partition coefficient (Wildman–Crippen LogP) is 3.85. The first-order valence-corrected chi connectivity index (χ1v) is 10.1. The van der Waals surface area contributed by atoms with E-state index >= 15 is 0 Å². The fourth-order valence-electron chi connectivity index (χ4n) is 4.40. The molecule has 1 unspecified atom stereocenters. The van der Waals surface area contributed by atoms with Gasteiger partial charge in [-0.15, -0.1) is 0 Å². The molecule has 1 aromatic heterocycles. The highest BCUT2D eigenvalue weighted by molar-refractivity contribution is 5.96. The molecule has 2 aliphatic rings. The number of nitrogens with zero attached hydrogens (tertiary/aromatic N) is 2. The Morgan fingerprint density at radius 1 is 1.04 bits per heavy atom. The summed E-state index contributed by atoms with van der Waals surface area (Å²) < 4.78 is 5.75. The maximum absolute atomic E-state index is 12.8. The first-order chi connectivity index (χ1) is 13.0. The number of rotatable bonds is 2. The van der Waals surface area contributed by atoms with Gasteiger partial charge in [0.15, 0.2) is 5.76 Å². The van der Waals surface area contributed by atoms with Gasteiger partial charge >= 0.3 is 0 Å². The van der Waals surface area contributed by atoms with Crippen LogP contribution in [0.4, 0.5) is 0 Å². The molecule has 0 saturated carbocycles. The molecule has 2 fully saturated rings. The maximum Gasteiger partial charge on any atom is 0.289 e. The summed E-state index contributed by atoms with van der Waals surface area (Å²) >= 11 is 0. The molecule has 1 aromatic carbocycles. The summed E-state index contributed by atoms with van der Waals surface area (Å²) in [5.41, 5.74) is 1.89. The first-order valence-electron chi connectivity index (χ1n) is 10.1. The monoisotopic (exact) mass is 368 g/mol. The van der Waals surface area contributed by atoms with Crippen molar-refractivity contribution in [3.8, 4) is 0 Å². The Morgan fingerprint density at radius 2 is 1.81 bits per heavy atom. The molecule has 2 aromatic rings. The van der Waals surface area contributed by atoms with Crippen molar-refractivity contribution >= 4 is 22.8 Å². The lowest BCUT2D eigenvalue weighted by atomic mass is 9.92. The van der Waals surface area contributed by atoms with Gasteiger partial charge in [-0.2, -0.15) is 0 Å². The zero-order chi connectivity index (χ0) is 19.0. The second kappa shape index (κ2) is 7.37. The van der Waals surface area contributed by atoms with Gasteiger partial charge in [-0.25, -0.2) is 0 Å². The summed E-state index contributed by atoms with van der Waals surface area (Å²) in [4.78, 5) is 29.5. The zero-order valence-electron chi connectivity index (χ0n) is 16.2. The van der Waals surface area contributed by atoms with Crippen LogP contribution in [0.2, 0.25) is 0 Å². The largest absolute Gasteiger partial charge is 0.451 e. The Hall–Kier alpha value is -2.30. The molecular formula is C22H28N2O3. The number of fused-ring (bicyclic) bond motifs is 1. The molecule has 0 bridgehead atoms. The number of piperidine rings is 2. The molecule has 0 radical (unpaired) electrons. The summed E-state index contributed by atoms with van der Waals surface area (Å²) in [6, 6.07) is 7.75. The molecule has 2 aliphatic heterocycles. The average Bonchev–Trinajstić information content (AvgIpc) is 3.10. The molecule has 4 rings (SSSR count). The quantitative estimate of drug-likeness (QED) is 0.809. The van der Waals surface area contributed by atoms with Crippen LogP contribution in [0.15, 0.2) is 28.7 Å². The van der Waals surface area contributed by atoms with Gasteiger partial charge in [0.05, 0.1) is 0 Å². The van der Waals surface area contributed by atoms with Gasteiger partial charge in [-0.3, -0.25) is 9.59 Å². The lowest BCUT2D eigenvalue weighted by molar-refractivity contribution is -0.138. The molecule has 144 valence electrons. The summed E-state index contributed by atoms with van der Waals surface area (Å²) in [7, 11) is 0. The van der Waals surface area contributed by atoms with Crippen molar-refractivity contribution in [2.24, 2.45) is 11.8 Å². The van der Waals surface area contributed by atoms with E-state index in [9.17, 15) is 9.59 Å². The van der Waals surface area contributed by atoms with Crippen LogP contribution in [0.5, 0.6) is 0 Å². The minimum absolute atomic E-state index is 0.0534. The van der Waals surface area contributed by atoms with Crippen molar-refractivity contribution in [3.05, 3.63) is 35.6 Å². The molecule has 0 aliphatic carbocycles. The minimum Gasteiger partial charge on any atom is -0.451 e. The van der Waals surface area contributed by atoms with Gasteiger partial charge in [-0.1, -0.05) is 18.6 Å². The van der Waals surface area contributed by atoms with Crippen LogP contribution in [0.25, 0.3) is 11.0 Å². The van der Waals surface area contributed by atoms with E-state index < -0.39 is 0 Å². The standard InChI is InChI=1S/C22H28N2O3/c1-15-5-6-19-18(12-15)13-20(27-19)22(26)23-10-7-17(8-11-23)21(25)24-9-3-4-16(2)14-24/h5-6,12-13,16-17H,3-4,7-11,14H2,1-2H3. The average molecular weight is 368 g/mol. The highest BCUT2D eigenvalue weighted by Gasteiger charge is 2.32. The Labute approximate surface area is 160 Å². The van der Waals surface area contributed by atoms with Gasteiger partial charge in [-0.05, 0) is 56.7 Å². The fraction of sp³-hybridized carbons (Fsp3) is 0.545. The number of amides is 2. The SMILES string of the molecule is Cc1ccc2oc(C(=O)N3CCC(C(=O)N4CCCC(C)C4)CC3)cc2c1. The summed E-state index contributed by atoms with van der Waals surface area (Å²) in [5, 5.41) is 0.961. The predicted molar refractivity (Wildman–Crippen MR) is 105 cm³/mol.